The fraction of sp³-hybridized carbons (Fsp3) is 0.379. The number of nitrogens with zero attached hydrogens (tertiary/aromatic N) is 2. The molecule has 2 saturated heterocycles. The Morgan fingerprint density at radius 1 is 0.889 bits per heavy atom. The van der Waals surface area contributed by atoms with Crippen molar-refractivity contribution in [1.29, 1.82) is 0 Å². The van der Waals surface area contributed by atoms with Gasteiger partial charge in [-0.25, -0.2) is 0 Å². The molecule has 2 aliphatic heterocycles. The zero-order valence-electron chi connectivity index (χ0n) is 19.9. The van der Waals surface area contributed by atoms with Gasteiger partial charge >= 0.3 is 5.97 Å². The van der Waals surface area contributed by atoms with E-state index in [4.69, 9.17) is 4.74 Å². The SMILES string of the molecule is Cc1cccc(N2C[C@H](C(=O)Oc3ccc(N4C(=O)[C@H]5[C@@H]6C=C[C@H]([C@@H]7C[C@H]67)[C@@H]5C4=O)cc3)CC2=O)c1. The highest BCUT2D eigenvalue weighted by Gasteiger charge is 2.67. The van der Waals surface area contributed by atoms with E-state index >= 15 is 0 Å². The van der Waals surface area contributed by atoms with Crippen molar-refractivity contribution < 1.29 is 23.9 Å². The van der Waals surface area contributed by atoms with Gasteiger partial charge in [0.15, 0.2) is 0 Å². The third-order valence-corrected chi connectivity index (χ3v) is 8.75. The van der Waals surface area contributed by atoms with E-state index in [1.807, 2.05) is 31.2 Å². The first-order valence-corrected chi connectivity index (χ1v) is 12.7. The summed E-state index contributed by atoms with van der Waals surface area (Å²) in [6.07, 6.45) is 5.55. The van der Waals surface area contributed by atoms with E-state index in [0.717, 1.165) is 17.7 Å². The van der Waals surface area contributed by atoms with Gasteiger partial charge in [-0.2, -0.15) is 0 Å². The highest BCUT2D eigenvalue weighted by atomic mass is 16.5. The molecule has 36 heavy (non-hydrogen) atoms. The number of carbonyl (C=O) groups excluding carboxylic acids is 4. The van der Waals surface area contributed by atoms with Gasteiger partial charge in [-0.1, -0.05) is 24.3 Å². The van der Waals surface area contributed by atoms with Gasteiger partial charge in [-0.15, -0.1) is 0 Å². The smallest absolute Gasteiger partial charge is 0.316 e. The highest BCUT2D eigenvalue weighted by molar-refractivity contribution is 6.22. The zero-order valence-corrected chi connectivity index (χ0v) is 19.9. The Hall–Kier alpha value is -3.74. The molecule has 4 fully saturated rings. The molecule has 0 aromatic heterocycles. The minimum absolute atomic E-state index is 0.1000. The molecule has 2 heterocycles. The van der Waals surface area contributed by atoms with Crippen molar-refractivity contribution in [1.82, 2.24) is 0 Å². The van der Waals surface area contributed by atoms with E-state index in [1.165, 1.54) is 4.90 Å². The van der Waals surface area contributed by atoms with E-state index < -0.39 is 11.9 Å². The number of hydrogen-bond acceptors (Lipinski definition) is 5. The van der Waals surface area contributed by atoms with Crippen LogP contribution < -0.4 is 14.5 Å². The van der Waals surface area contributed by atoms with Crippen LogP contribution in [0.2, 0.25) is 0 Å². The second-order valence-electron chi connectivity index (χ2n) is 10.8. The lowest BCUT2D eigenvalue weighted by Gasteiger charge is -2.37. The predicted molar refractivity (Wildman–Crippen MR) is 131 cm³/mol. The van der Waals surface area contributed by atoms with Gasteiger partial charge in [0.25, 0.3) is 0 Å². The molecule has 6 aliphatic rings. The molecule has 7 heteroatoms. The van der Waals surface area contributed by atoms with Crippen LogP contribution in [-0.4, -0.2) is 30.2 Å². The molecule has 2 aromatic carbocycles. The van der Waals surface area contributed by atoms with Gasteiger partial charge < -0.3 is 9.64 Å². The molecule has 3 amide bonds. The Morgan fingerprint density at radius 3 is 2.19 bits per heavy atom. The molecule has 0 unspecified atom stereocenters. The topological polar surface area (TPSA) is 84.0 Å². The molecular formula is C29H26N2O5. The number of ether oxygens (including phenoxy) is 1. The minimum atomic E-state index is -0.558. The number of allylic oxidation sites excluding steroid dienone is 2. The first-order valence-electron chi connectivity index (χ1n) is 12.7. The quantitative estimate of drug-likeness (QED) is 0.288. The number of anilines is 2. The van der Waals surface area contributed by atoms with Crippen LogP contribution in [0.25, 0.3) is 0 Å². The number of imide groups is 1. The summed E-state index contributed by atoms with van der Waals surface area (Å²) in [6.45, 7) is 2.23. The lowest BCUT2D eigenvalue weighted by Crippen LogP contribution is -2.40. The van der Waals surface area contributed by atoms with Crippen molar-refractivity contribution in [2.75, 3.05) is 16.3 Å². The Balaban J connectivity index is 1.04. The lowest BCUT2D eigenvalue weighted by atomic mass is 9.63. The molecule has 7 atom stereocenters. The van der Waals surface area contributed by atoms with E-state index in [2.05, 4.69) is 12.2 Å². The fourth-order valence-corrected chi connectivity index (χ4v) is 6.99. The maximum absolute atomic E-state index is 13.3. The van der Waals surface area contributed by atoms with Gasteiger partial charge in [-0.05, 0) is 79.0 Å². The van der Waals surface area contributed by atoms with Crippen LogP contribution in [0.4, 0.5) is 11.4 Å². The normalized spacial score (nSPS) is 33.7. The first kappa shape index (κ1) is 21.5. The van der Waals surface area contributed by atoms with E-state index in [-0.39, 0.29) is 54.4 Å². The summed E-state index contributed by atoms with van der Waals surface area (Å²) in [5.74, 6) is -0.0376. The summed E-state index contributed by atoms with van der Waals surface area (Å²) in [5, 5.41) is 0. The van der Waals surface area contributed by atoms with Crippen LogP contribution in [0.1, 0.15) is 18.4 Å². The number of amides is 3. The molecular weight excluding hydrogens is 456 g/mol. The molecule has 0 spiro atoms. The monoisotopic (exact) mass is 482 g/mol. The van der Waals surface area contributed by atoms with Crippen molar-refractivity contribution in [2.45, 2.75) is 19.8 Å². The molecule has 0 N–H and O–H groups in total. The van der Waals surface area contributed by atoms with Crippen molar-refractivity contribution in [2.24, 2.45) is 41.4 Å². The van der Waals surface area contributed by atoms with Crippen LogP contribution in [-0.2, 0) is 19.2 Å². The van der Waals surface area contributed by atoms with Crippen molar-refractivity contribution in [3.05, 3.63) is 66.2 Å². The van der Waals surface area contributed by atoms with Crippen LogP contribution in [0.3, 0.4) is 0 Å². The average molecular weight is 483 g/mol. The number of hydrogen-bond donors (Lipinski definition) is 0. The summed E-state index contributed by atoms with van der Waals surface area (Å²) in [7, 11) is 0. The van der Waals surface area contributed by atoms with Crippen molar-refractivity contribution >= 4 is 35.1 Å². The van der Waals surface area contributed by atoms with Crippen LogP contribution in [0.15, 0.2) is 60.7 Å². The zero-order chi connectivity index (χ0) is 24.7. The Bertz CT molecular complexity index is 1310. The van der Waals surface area contributed by atoms with Gasteiger partial charge in [-0.3, -0.25) is 24.1 Å². The van der Waals surface area contributed by atoms with Gasteiger partial charge in [0.05, 0.1) is 23.4 Å². The Morgan fingerprint density at radius 2 is 1.56 bits per heavy atom. The van der Waals surface area contributed by atoms with Crippen LogP contribution in [0.5, 0.6) is 5.75 Å². The number of esters is 1. The highest BCUT2D eigenvalue weighted by Crippen LogP contribution is 2.65. The number of benzene rings is 2. The molecule has 4 aliphatic carbocycles. The predicted octanol–water partition coefficient (Wildman–Crippen LogP) is 3.51. The van der Waals surface area contributed by atoms with Crippen LogP contribution in [0, 0.1) is 48.3 Å². The third-order valence-electron chi connectivity index (χ3n) is 8.75. The second kappa shape index (κ2) is 7.63. The maximum atomic E-state index is 13.3. The van der Waals surface area contributed by atoms with Gasteiger partial charge in [0, 0.05) is 18.7 Å². The first-order chi connectivity index (χ1) is 17.4. The maximum Gasteiger partial charge on any atom is 0.316 e. The molecule has 2 bridgehead atoms. The molecule has 2 saturated carbocycles. The molecule has 2 aromatic rings. The van der Waals surface area contributed by atoms with E-state index in [1.54, 1.807) is 29.2 Å². The molecule has 7 nitrogen and oxygen atoms in total. The number of rotatable bonds is 4. The fourth-order valence-electron chi connectivity index (χ4n) is 6.99. The van der Waals surface area contributed by atoms with Crippen molar-refractivity contribution in [3.8, 4) is 5.75 Å². The Kier molecular flexibility index (Phi) is 4.56. The van der Waals surface area contributed by atoms with Crippen LogP contribution >= 0.6 is 0 Å². The number of carbonyl (C=O) groups is 4. The standard InChI is InChI=1S/C29H26N2O5/c1-15-3-2-4-18(11-15)30-14-16(12-24(30)32)29(35)36-19-7-5-17(6-8-19)31-27(33)25-20-9-10-21(23-13-22(20)23)26(25)28(31)34/h2-11,16,20-23,25-26H,12-14H2,1H3/t16-,20-,21-,22-,23+,25+,26+/m1/s1. The summed E-state index contributed by atoms with van der Waals surface area (Å²) in [4.78, 5) is 54.9. The largest absolute Gasteiger partial charge is 0.426 e. The third kappa shape index (κ3) is 3.11. The summed E-state index contributed by atoms with van der Waals surface area (Å²) in [5.41, 5.74) is 2.33. The Labute approximate surface area is 208 Å². The van der Waals surface area contributed by atoms with Gasteiger partial charge in [0.1, 0.15) is 5.75 Å². The summed E-state index contributed by atoms with van der Waals surface area (Å²) < 4.78 is 5.57. The van der Waals surface area contributed by atoms with E-state index in [9.17, 15) is 19.2 Å². The molecule has 0 radical (unpaired) electrons. The second-order valence-corrected chi connectivity index (χ2v) is 10.8. The summed E-state index contributed by atoms with van der Waals surface area (Å²) in [6, 6.07) is 14.2. The average Bonchev–Trinajstić information content (AvgIpc) is 3.55. The minimum Gasteiger partial charge on any atom is -0.426 e. The molecule has 8 rings (SSSR count). The van der Waals surface area contributed by atoms with Gasteiger partial charge in [0.2, 0.25) is 17.7 Å². The molecule has 182 valence electrons. The number of aryl methyl sites for hydroxylation is 1. The summed E-state index contributed by atoms with van der Waals surface area (Å²) >= 11 is 0. The van der Waals surface area contributed by atoms with Crippen molar-refractivity contribution in [3.63, 3.8) is 0 Å². The van der Waals surface area contributed by atoms with E-state index in [0.29, 0.717) is 23.3 Å². The lowest BCUT2D eigenvalue weighted by molar-refractivity contribution is -0.139.